The van der Waals surface area contributed by atoms with E-state index in [0.717, 1.165) is 36.0 Å². The van der Waals surface area contributed by atoms with E-state index in [4.69, 9.17) is 0 Å². The van der Waals surface area contributed by atoms with Gasteiger partial charge in [-0.2, -0.15) is 0 Å². The molecular weight excluding hydrogens is 429 g/mol. The summed E-state index contributed by atoms with van der Waals surface area (Å²) < 4.78 is 44.0. The molecule has 0 amide bonds. The SMILES string of the molecule is CCCc1ccc(-c2ccc(C=Cc3ccc(-c4ccc(CC)cc4F)cc3)c(F)c2F)cc1. The van der Waals surface area contributed by atoms with Crippen LogP contribution in [0, 0.1) is 17.5 Å². The van der Waals surface area contributed by atoms with Crippen molar-refractivity contribution in [3.63, 3.8) is 0 Å². The van der Waals surface area contributed by atoms with E-state index in [9.17, 15) is 13.2 Å². The molecule has 0 unspecified atom stereocenters. The summed E-state index contributed by atoms with van der Waals surface area (Å²) in [6.07, 6.45) is 6.05. The highest BCUT2D eigenvalue weighted by molar-refractivity contribution is 5.74. The predicted molar refractivity (Wildman–Crippen MR) is 136 cm³/mol. The lowest BCUT2D eigenvalue weighted by Crippen LogP contribution is -1.94. The summed E-state index contributed by atoms with van der Waals surface area (Å²) in [5.41, 5.74) is 5.33. The molecule has 4 rings (SSSR count). The van der Waals surface area contributed by atoms with Crippen LogP contribution in [0.5, 0.6) is 0 Å². The first-order valence-electron chi connectivity index (χ1n) is 11.6. The quantitative estimate of drug-likeness (QED) is 0.243. The molecule has 0 aliphatic heterocycles. The van der Waals surface area contributed by atoms with Gasteiger partial charge < -0.3 is 0 Å². The Hall–Kier alpha value is -3.59. The van der Waals surface area contributed by atoms with Crippen molar-refractivity contribution >= 4 is 12.2 Å². The van der Waals surface area contributed by atoms with Crippen molar-refractivity contribution < 1.29 is 13.2 Å². The van der Waals surface area contributed by atoms with E-state index in [2.05, 4.69) is 6.92 Å². The molecular formula is C31H27F3. The minimum absolute atomic E-state index is 0.175. The molecule has 3 heteroatoms. The average molecular weight is 457 g/mol. The van der Waals surface area contributed by atoms with Gasteiger partial charge in [0.25, 0.3) is 0 Å². The third-order valence-corrected chi connectivity index (χ3v) is 6.03. The molecule has 4 aromatic rings. The third-order valence-electron chi connectivity index (χ3n) is 6.03. The maximum atomic E-state index is 14.8. The Morgan fingerprint density at radius 3 is 1.88 bits per heavy atom. The van der Waals surface area contributed by atoms with Gasteiger partial charge >= 0.3 is 0 Å². The first kappa shape index (κ1) is 23.6. The minimum atomic E-state index is -0.874. The summed E-state index contributed by atoms with van der Waals surface area (Å²) in [6.45, 7) is 4.09. The highest BCUT2D eigenvalue weighted by Crippen LogP contribution is 2.28. The summed E-state index contributed by atoms with van der Waals surface area (Å²) in [4.78, 5) is 0. The van der Waals surface area contributed by atoms with E-state index in [1.807, 2.05) is 61.5 Å². The van der Waals surface area contributed by atoms with Crippen LogP contribution in [0.1, 0.15) is 42.5 Å². The fourth-order valence-electron chi connectivity index (χ4n) is 4.03. The summed E-state index contributed by atoms with van der Waals surface area (Å²) >= 11 is 0. The van der Waals surface area contributed by atoms with Gasteiger partial charge in [-0.3, -0.25) is 0 Å². The number of halogens is 3. The molecule has 0 fully saturated rings. The largest absolute Gasteiger partial charge is 0.206 e. The highest BCUT2D eigenvalue weighted by Gasteiger charge is 2.13. The molecule has 0 N–H and O–H groups in total. The Morgan fingerprint density at radius 1 is 0.618 bits per heavy atom. The lowest BCUT2D eigenvalue weighted by atomic mass is 9.99. The van der Waals surface area contributed by atoms with Crippen LogP contribution in [0.4, 0.5) is 13.2 Å². The van der Waals surface area contributed by atoms with Crippen LogP contribution >= 0.6 is 0 Å². The zero-order chi connectivity index (χ0) is 24.1. The Bertz CT molecular complexity index is 1300. The summed E-state index contributed by atoms with van der Waals surface area (Å²) in [5.74, 6) is -1.98. The molecule has 172 valence electrons. The normalized spacial score (nSPS) is 11.3. The van der Waals surface area contributed by atoms with Gasteiger partial charge in [-0.15, -0.1) is 0 Å². The van der Waals surface area contributed by atoms with Gasteiger partial charge in [-0.25, -0.2) is 13.2 Å². The van der Waals surface area contributed by atoms with E-state index in [0.29, 0.717) is 11.1 Å². The summed E-state index contributed by atoms with van der Waals surface area (Å²) in [5, 5.41) is 0. The lowest BCUT2D eigenvalue weighted by molar-refractivity contribution is 0.509. The molecule has 0 atom stereocenters. The molecule has 0 nitrogen and oxygen atoms in total. The standard InChI is InChI=1S/C31H27F3/c1-3-5-22-6-14-25(15-7-22)28-19-17-26(30(33)31(28)34)16-10-23-8-12-24(13-9-23)27-18-11-21(4-2)20-29(27)32/h6-20H,3-5H2,1-2H3. The molecule has 0 radical (unpaired) electrons. The van der Waals surface area contributed by atoms with E-state index >= 15 is 0 Å². The molecule has 4 aromatic carbocycles. The second-order valence-electron chi connectivity index (χ2n) is 8.40. The van der Waals surface area contributed by atoms with E-state index in [1.54, 1.807) is 36.4 Å². The predicted octanol–water partition coefficient (Wildman–Crippen LogP) is 9.12. The zero-order valence-electron chi connectivity index (χ0n) is 19.4. The minimum Gasteiger partial charge on any atom is -0.206 e. The summed E-state index contributed by atoms with van der Waals surface area (Å²) in [7, 11) is 0. The topological polar surface area (TPSA) is 0 Å². The Kier molecular flexibility index (Phi) is 7.32. The van der Waals surface area contributed by atoms with Gasteiger partial charge in [-0.1, -0.05) is 105 Å². The molecule has 0 spiro atoms. The van der Waals surface area contributed by atoms with Gasteiger partial charge in [0.15, 0.2) is 11.6 Å². The van der Waals surface area contributed by atoms with Crippen LogP contribution in [-0.4, -0.2) is 0 Å². The van der Waals surface area contributed by atoms with Crippen LogP contribution < -0.4 is 0 Å². The van der Waals surface area contributed by atoms with Crippen LogP contribution in [0.2, 0.25) is 0 Å². The van der Waals surface area contributed by atoms with Crippen LogP contribution in [0.3, 0.4) is 0 Å². The molecule has 34 heavy (non-hydrogen) atoms. The first-order valence-corrected chi connectivity index (χ1v) is 11.6. The fourth-order valence-corrected chi connectivity index (χ4v) is 4.03. The Morgan fingerprint density at radius 2 is 1.24 bits per heavy atom. The Labute approximate surface area is 199 Å². The van der Waals surface area contributed by atoms with Crippen molar-refractivity contribution in [2.45, 2.75) is 33.1 Å². The number of aryl methyl sites for hydroxylation is 2. The second kappa shape index (κ2) is 10.6. The summed E-state index contributed by atoms with van der Waals surface area (Å²) in [6, 6.07) is 23.4. The highest BCUT2D eigenvalue weighted by atomic mass is 19.2. The molecule has 0 bridgehead atoms. The molecule has 0 aromatic heterocycles. The van der Waals surface area contributed by atoms with Crippen molar-refractivity contribution in [1.82, 2.24) is 0 Å². The second-order valence-corrected chi connectivity index (χ2v) is 8.40. The number of benzene rings is 4. The number of rotatable bonds is 7. The van der Waals surface area contributed by atoms with Crippen molar-refractivity contribution in [2.75, 3.05) is 0 Å². The van der Waals surface area contributed by atoms with E-state index in [1.165, 1.54) is 5.56 Å². The van der Waals surface area contributed by atoms with E-state index < -0.39 is 11.6 Å². The monoisotopic (exact) mass is 456 g/mol. The van der Waals surface area contributed by atoms with Crippen molar-refractivity contribution in [2.24, 2.45) is 0 Å². The third kappa shape index (κ3) is 5.14. The lowest BCUT2D eigenvalue weighted by Gasteiger charge is -2.08. The smallest absolute Gasteiger partial charge is 0.167 e. The van der Waals surface area contributed by atoms with Crippen LogP contribution in [-0.2, 0) is 12.8 Å². The molecule has 0 aliphatic rings. The molecule has 0 saturated heterocycles. The first-order chi connectivity index (χ1) is 16.5. The number of hydrogen-bond donors (Lipinski definition) is 0. The fraction of sp³-hybridized carbons (Fsp3) is 0.161. The molecule has 0 aliphatic carbocycles. The molecule has 0 heterocycles. The Balaban J connectivity index is 1.53. The van der Waals surface area contributed by atoms with Gasteiger partial charge in [0.1, 0.15) is 5.82 Å². The van der Waals surface area contributed by atoms with Gasteiger partial charge in [-0.05, 0) is 46.7 Å². The van der Waals surface area contributed by atoms with Gasteiger partial charge in [0.2, 0.25) is 0 Å². The maximum absolute atomic E-state index is 14.8. The van der Waals surface area contributed by atoms with Crippen LogP contribution in [0.15, 0.2) is 78.9 Å². The van der Waals surface area contributed by atoms with Crippen molar-refractivity contribution in [3.8, 4) is 22.3 Å². The number of hydrogen-bond acceptors (Lipinski definition) is 0. The average Bonchev–Trinajstić information content (AvgIpc) is 2.86. The molecule has 0 saturated carbocycles. The van der Waals surface area contributed by atoms with Gasteiger partial charge in [0.05, 0.1) is 0 Å². The van der Waals surface area contributed by atoms with Gasteiger partial charge in [0, 0.05) is 16.7 Å². The van der Waals surface area contributed by atoms with Crippen molar-refractivity contribution in [1.29, 1.82) is 0 Å². The van der Waals surface area contributed by atoms with Crippen molar-refractivity contribution in [3.05, 3.63) is 119 Å². The van der Waals surface area contributed by atoms with Crippen LogP contribution in [0.25, 0.3) is 34.4 Å². The zero-order valence-corrected chi connectivity index (χ0v) is 19.4. The van der Waals surface area contributed by atoms with E-state index in [-0.39, 0.29) is 16.9 Å². The maximum Gasteiger partial charge on any atom is 0.167 e.